The van der Waals surface area contributed by atoms with E-state index >= 15 is 0 Å². The van der Waals surface area contributed by atoms with Gasteiger partial charge in [-0.05, 0) is 12.8 Å². The van der Waals surface area contributed by atoms with Crippen LogP contribution in [0, 0.1) is 5.92 Å². The minimum atomic E-state index is 0.566. The molecule has 80 valence electrons. The summed E-state index contributed by atoms with van der Waals surface area (Å²) in [5.74, 6) is 0.566. The summed E-state index contributed by atoms with van der Waals surface area (Å²) in [4.78, 5) is 0. The van der Waals surface area contributed by atoms with Crippen LogP contribution in [0.3, 0.4) is 0 Å². The Hall–Kier alpha value is -0.680. The van der Waals surface area contributed by atoms with Crippen molar-refractivity contribution in [2.24, 2.45) is 5.92 Å². The Kier molecular flexibility index (Phi) is 4.82. The first-order valence-corrected chi connectivity index (χ1v) is 5.68. The van der Waals surface area contributed by atoms with Crippen LogP contribution in [-0.2, 0) is 11.3 Å². The predicted octanol–water partition coefficient (Wildman–Crippen LogP) is 2.14. The van der Waals surface area contributed by atoms with Gasteiger partial charge < -0.3 is 10.1 Å². The van der Waals surface area contributed by atoms with Gasteiger partial charge in [-0.2, -0.15) is 0 Å². The Labute approximate surface area is 88.7 Å². The van der Waals surface area contributed by atoms with Crippen LogP contribution in [-0.4, -0.2) is 23.3 Å². The first-order valence-electron chi connectivity index (χ1n) is 4.86. The summed E-state index contributed by atoms with van der Waals surface area (Å²) in [6, 6.07) is 0. The highest BCUT2D eigenvalue weighted by molar-refractivity contribution is 7.15. The van der Waals surface area contributed by atoms with Crippen LogP contribution in [0.15, 0.2) is 0 Å². The number of anilines is 1. The third-order valence-corrected chi connectivity index (χ3v) is 2.33. The smallest absolute Gasteiger partial charge is 0.205 e. The highest BCUT2D eigenvalue weighted by atomic mass is 32.1. The first-order chi connectivity index (χ1) is 6.72. The highest BCUT2D eigenvalue weighted by Crippen LogP contribution is 2.15. The van der Waals surface area contributed by atoms with Crippen LogP contribution < -0.4 is 5.32 Å². The van der Waals surface area contributed by atoms with Crippen molar-refractivity contribution in [3.63, 3.8) is 0 Å². The first kappa shape index (κ1) is 11.4. The van der Waals surface area contributed by atoms with E-state index in [2.05, 4.69) is 29.4 Å². The molecule has 1 aromatic rings. The van der Waals surface area contributed by atoms with E-state index in [0.29, 0.717) is 12.5 Å². The molecule has 0 aliphatic rings. The second-order valence-electron chi connectivity index (χ2n) is 3.44. The van der Waals surface area contributed by atoms with E-state index in [1.54, 1.807) is 11.3 Å². The number of nitrogens with zero attached hydrogens (tertiary/aromatic N) is 2. The largest absolute Gasteiger partial charge is 0.374 e. The van der Waals surface area contributed by atoms with Gasteiger partial charge in [0.05, 0.1) is 0 Å². The Morgan fingerprint density at radius 3 is 2.86 bits per heavy atom. The Bertz CT molecular complexity index is 262. The third kappa shape index (κ3) is 4.02. The predicted molar refractivity (Wildman–Crippen MR) is 58.6 cm³/mol. The van der Waals surface area contributed by atoms with Crippen LogP contribution in [0.5, 0.6) is 0 Å². The van der Waals surface area contributed by atoms with E-state index in [9.17, 15) is 0 Å². The molecule has 1 heterocycles. The standard InChI is InChI=1S/C9H17N3OS/c1-4-10-9-12-11-8(14-9)6-13-5-7(2)3/h7H,4-6H2,1-3H3,(H,10,12). The quantitative estimate of drug-likeness (QED) is 0.789. The number of aromatic nitrogens is 2. The molecule has 1 N–H and O–H groups in total. The van der Waals surface area contributed by atoms with Crippen molar-refractivity contribution in [1.29, 1.82) is 0 Å². The van der Waals surface area contributed by atoms with Crippen molar-refractivity contribution < 1.29 is 4.74 Å². The van der Waals surface area contributed by atoms with Crippen LogP contribution >= 0.6 is 11.3 Å². The molecular formula is C9H17N3OS. The molecule has 0 fully saturated rings. The molecule has 14 heavy (non-hydrogen) atoms. The number of hydrogen-bond donors (Lipinski definition) is 1. The average Bonchev–Trinajstić information content (AvgIpc) is 2.53. The zero-order valence-electron chi connectivity index (χ0n) is 8.91. The second-order valence-corrected chi connectivity index (χ2v) is 4.50. The maximum absolute atomic E-state index is 5.45. The summed E-state index contributed by atoms with van der Waals surface area (Å²) in [5.41, 5.74) is 0. The number of hydrogen-bond acceptors (Lipinski definition) is 5. The second kappa shape index (κ2) is 5.93. The topological polar surface area (TPSA) is 47.0 Å². The van der Waals surface area contributed by atoms with E-state index in [4.69, 9.17) is 4.74 Å². The van der Waals surface area contributed by atoms with Gasteiger partial charge in [-0.1, -0.05) is 25.2 Å². The van der Waals surface area contributed by atoms with Gasteiger partial charge in [-0.25, -0.2) is 0 Å². The molecule has 4 nitrogen and oxygen atoms in total. The molecular weight excluding hydrogens is 198 g/mol. The lowest BCUT2D eigenvalue weighted by Crippen LogP contribution is -2.01. The SMILES string of the molecule is CCNc1nnc(COCC(C)C)s1. The number of ether oxygens (including phenoxy) is 1. The van der Waals surface area contributed by atoms with Crippen LogP contribution in [0.25, 0.3) is 0 Å². The maximum atomic E-state index is 5.45. The zero-order valence-corrected chi connectivity index (χ0v) is 9.73. The molecule has 0 aliphatic carbocycles. The fraction of sp³-hybridized carbons (Fsp3) is 0.778. The lowest BCUT2D eigenvalue weighted by molar-refractivity contribution is 0.0965. The van der Waals surface area contributed by atoms with Crippen molar-refractivity contribution in [3.8, 4) is 0 Å². The summed E-state index contributed by atoms with van der Waals surface area (Å²) >= 11 is 1.55. The lowest BCUT2D eigenvalue weighted by atomic mass is 10.2. The van der Waals surface area contributed by atoms with Crippen molar-refractivity contribution in [2.45, 2.75) is 27.4 Å². The summed E-state index contributed by atoms with van der Waals surface area (Å²) in [5, 5.41) is 12.9. The van der Waals surface area contributed by atoms with E-state index in [1.165, 1.54) is 0 Å². The Morgan fingerprint density at radius 2 is 2.21 bits per heavy atom. The van der Waals surface area contributed by atoms with Gasteiger partial charge in [0.1, 0.15) is 11.6 Å². The summed E-state index contributed by atoms with van der Waals surface area (Å²) < 4.78 is 5.45. The molecule has 0 atom stereocenters. The van der Waals surface area contributed by atoms with E-state index in [-0.39, 0.29) is 0 Å². The maximum Gasteiger partial charge on any atom is 0.205 e. The molecule has 0 radical (unpaired) electrons. The van der Waals surface area contributed by atoms with Crippen molar-refractivity contribution in [1.82, 2.24) is 10.2 Å². The van der Waals surface area contributed by atoms with E-state index < -0.39 is 0 Å². The van der Waals surface area contributed by atoms with Gasteiger partial charge >= 0.3 is 0 Å². The van der Waals surface area contributed by atoms with Gasteiger partial charge in [-0.15, -0.1) is 10.2 Å². The summed E-state index contributed by atoms with van der Waals surface area (Å²) in [6.07, 6.45) is 0. The molecule has 1 rings (SSSR count). The molecule has 0 spiro atoms. The van der Waals surface area contributed by atoms with Gasteiger partial charge in [0.15, 0.2) is 0 Å². The monoisotopic (exact) mass is 215 g/mol. The summed E-state index contributed by atoms with van der Waals surface area (Å²) in [7, 11) is 0. The highest BCUT2D eigenvalue weighted by Gasteiger charge is 2.03. The van der Waals surface area contributed by atoms with Gasteiger partial charge in [0, 0.05) is 13.2 Å². The minimum Gasteiger partial charge on any atom is -0.374 e. The molecule has 0 saturated heterocycles. The van der Waals surface area contributed by atoms with E-state index in [0.717, 1.165) is 23.3 Å². The van der Waals surface area contributed by atoms with Crippen LogP contribution in [0.1, 0.15) is 25.8 Å². The summed E-state index contributed by atoms with van der Waals surface area (Å²) in [6.45, 7) is 8.52. The Morgan fingerprint density at radius 1 is 1.43 bits per heavy atom. The lowest BCUT2D eigenvalue weighted by Gasteiger charge is -2.03. The Balaban J connectivity index is 2.28. The normalized spacial score (nSPS) is 10.9. The molecule has 1 aromatic heterocycles. The minimum absolute atomic E-state index is 0.566. The van der Waals surface area contributed by atoms with Gasteiger partial charge in [0.25, 0.3) is 0 Å². The fourth-order valence-corrected chi connectivity index (χ4v) is 1.66. The third-order valence-electron chi connectivity index (χ3n) is 1.47. The molecule has 0 bridgehead atoms. The van der Waals surface area contributed by atoms with Crippen molar-refractivity contribution >= 4 is 16.5 Å². The zero-order chi connectivity index (χ0) is 10.4. The number of rotatable bonds is 6. The molecule has 0 unspecified atom stereocenters. The van der Waals surface area contributed by atoms with Crippen LogP contribution in [0.2, 0.25) is 0 Å². The van der Waals surface area contributed by atoms with Gasteiger partial charge in [-0.3, -0.25) is 0 Å². The molecule has 0 amide bonds. The molecule has 5 heteroatoms. The van der Waals surface area contributed by atoms with Gasteiger partial charge in [0.2, 0.25) is 5.13 Å². The van der Waals surface area contributed by atoms with Crippen LogP contribution in [0.4, 0.5) is 5.13 Å². The van der Waals surface area contributed by atoms with Crippen molar-refractivity contribution in [3.05, 3.63) is 5.01 Å². The van der Waals surface area contributed by atoms with E-state index in [1.807, 2.05) is 6.92 Å². The molecule has 0 saturated carbocycles. The fourth-order valence-electron chi connectivity index (χ4n) is 0.917. The molecule has 0 aromatic carbocycles. The number of nitrogens with one attached hydrogen (secondary N) is 1. The average molecular weight is 215 g/mol. The van der Waals surface area contributed by atoms with Crippen molar-refractivity contribution in [2.75, 3.05) is 18.5 Å². The molecule has 0 aliphatic heterocycles.